The highest BCUT2D eigenvalue weighted by molar-refractivity contribution is 6.23. The van der Waals surface area contributed by atoms with Crippen molar-refractivity contribution >= 4 is 23.3 Å². The summed E-state index contributed by atoms with van der Waals surface area (Å²) in [7, 11) is 1.58. The summed E-state index contributed by atoms with van der Waals surface area (Å²) in [4.78, 5) is 41.8. The van der Waals surface area contributed by atoms with Crippen molar-refractivity contribution in [1.29, 1.82) is 0 Å². The summed E-state index contributed by atoms with van der Waals surface area (Å²) in [6.45, 7) is 4.05. The van der Waals surface area contributed by atoms with Crippen molar-refractivity contribution in [2.24, 2.45) is 5.41 Å². The van der Waals surface area contributed by atoms with Crippen LogP contribution in [0.5, 0.6) is 5.75 Å². The van der Waals surface area contributed by atoms with Gasteiger partial charge in [0.25, 0.3) is 11.8 Å². The van der Waals surface area contributed by atoms with Gasteiger partial charge in [-0.15, -0.1) is 0 Å². The predicted octanol–water partition coefficient (Wildman–Crippen LogP) is 3.32. The standard InChI is InChI=1S/C24H22N2O4/c1-23(2)12-18-20(19(27)13-23)24(17-7-5-4-6-16(17)21(28)25-24)22(29)26(18)14-8-10-15(30-3)11-9-14/h4-11H,12-13H2,1-3H3,(H,25,28). The van der Waals surface area contributed by atoms with E-state index >= 15 is 0 Å². The van der Waals surface area contributed by atoms with Crippen molar-refractivity contribution in [2.75, 3.05) is 12.0 Å². The third-order valence-corrected chi connectivity index (χ3v) is 6.23. The Morgan fingerprint density at radius 1 is 0.967 bits per heavy atom. The van der Waals surface area contributed by atoms with Gasteiger partial charge >= 0.3 is 0 Å². The Balaban J connectivity index is 1.77. The van der Waals surface area contributed by atoms with Gasteiger partial charge in [0.15, 0.2) is 11.3 Å². The minimum atomic E-state index is -1.46. The second-order valence-corrected chi connectivity index (χ2v) is 8.85. The Hall–Kier alpha value is -3.41. The highest BCUT2D eigenvalue weighted by Gasteiger charge is 2.62. The van der Waals surface area contributed by atoms with Gasteiger partial charge in [0.1, 0.15) is 5.75 Å². The minimum Gasteiger partial charge on any atom is -0.497 e. The zero-order valence-electron chi connectivity index (χ0n) is 17.1. The van der Waals surface area contributed by atoms with Crippen LogP contribution in [-0.2, 0) is 15.1 Å². The molecule has 0 fully saturated rings. The molecule has 152 valence electrons. The number of nitrogens with one attached hydrogen (secondary N) is 1. The molecule has 2 aliphatic heterocycles. The van der Waals surface area contributed by atoms with Gasteiger partial charge < -0.3 is 10.1 Å². The van der Waals surface area contributed by atoms with Crippen LogP contribution in [0.2, 0.25) is 0 Å². The molecule has 2 amide bonds. The smallest absolute Gasteiger partial charge is 0.266 e. The van der Waals surface area contributed by atoms with Crippen LogP contribution in [0.15, 0.2) is 59.8 Å². The molecule has 1 atom stereocenters. The van der Waals surface area contributed by atoms with Gasteiger partial charge in [-0.05, 0) is 42.2 Å². The second-order valence-electron chi connectivity index (χ2n) is 8.85. The number of hydrogen-bond acceptors (Lipinski definition) is 4. The SMILES string of the molecule is COc1ccc(N2C(=O)C3(NC(=O)c4ccccc43)C3=C2CC(C)(C)CC3=O)cc1. The molecule has 0 bridgehead atoms. The molecule has 1 unspecified atom stereocenters. The van der Waals surface area contributed by atoms with Crippen molar-refractivity contribution in [3.63, 3.8) is 0 Å². The van der Waals surface area contributed by atoms with Gasteiger partial charge in [-0.25, -0.2) is 0 Å². The highest BCUT2D eigenvalue weighted by atomic mass is 16.5. The van der Waals surface area contributed by atoms with E-state index in [0.717, 1.165) is 0 Å². The summed E-state index contributed by atoms with van der Waals surface area (Å²) in [6, 6.07) is 14.2. The Labute approximate surface area is 174 Å². The third kappa shape index (κ3) is 2.33. The molecule has 0 radical (unpaired) electrons. The number of ketones is 1. The molecule has 2 heterocycles. The fourth-order valence-corrected chi connectivity index (χ4v) is 4.99. The molecule has 2 aromatic carbocycles. The maximum absolute atomic E-state index is 14.0. The van der Waals surface area contributed by atoms with Gasteiger partial charge in [-0.3, -0.25) is 19.3 Å². The van der Waals surface area contributed by atoms with E-state index in [-0.39, 0.29) is 23.0 Å². The highest BCUT2D eigenvalue weighted by Crippen LogP contribution is 2.53. The zero-order chi connectivity index (χ0) is 21.3. The van der Waals surface area contributed by atoms with Crippen LogP contribution in [0.4, 0.5) is 5.69 Å². The Morgan fingerprint density at radius 3 is 2.37 bits per heavy atom. The van der Waals surface area contributed by atoms with Crippen molar-refractivity contribution < 1.29 is 19.1 Å². The molecule has 0 aromatic heterocycles. The van der Waals surface area contributed by atoms with E-state index in [9.17, 15) is 14.4 Å². The fraction of sp³-hybridized carbons (Fsp3) is 0.292. The van der Waals surface area contributed by atoms with E-state index < -0.39 is 5.54 Å². The third-order valence-electron chi connectivity index (χ3n) is 6.23. The molecule has 6 heteroatoms. The number of nitrogens with zero attached hydrogens (tertiary/aromatic N) is 1. The molecular weight excluding hydrogens is 380 g/mol. The van der Waals surface area contributed by atoms with E-state index in [4.69, 9.17) is 4.74 Å². The lowest BCUT2D eigenvalue weighted by Gasteiger charge is -2.33. The van der Waals surface area contributed by atoms with Gasteiger partial charge in [0.2, 0.25) is 0 Å². The topological polar surface area (TPSA) is 75.7 Å². The number of amides is 2. The number of Topliss-reactive ketones (excluding diaryl/α,β-unsaturated/α-hetero) is 1. The van der Waals surface area contributed by atoms with Crippen molar-refractivity contribution in [3.8, 4) is 5.75 Å². The molecule has 1 aliphatic carbocycles. The predicted molar refractivity (Wildman–Crippen MR) is 111 cm³/mol. The molecule has 1 spiro atoms. The first kappa shape index (κ1) is 18.6. The monoisotopic (exact) mass is 402 g/mol. The molecule has 1 N–H and O–H groups in total. The summed E-state index contributed by atoms with van der Waals surface area (Å²) in [5, 5.41) is 2.89. The lowest BCUT2D eigenvalue weighted by Crippen LogP contribution is -2.50. The number of allylic oxidation sites excluding steroid dienone is 1. The number of carbonyl (C=O) groups excluding carboxylic acids is 3. The minimum absolute atomic E-state index is 0.0948. The first-order valence-electron chi connectivity index (χ1n) is 9.96. The van der Waals surface area contributed by atoms with Crippen LogP contribution in [-0.4, -0.2) is 24.7 Å². The van der Waals surface area contributed by atoms with Gasteiger partial charge in [0.05, 0.1) is 12.7 Å². The summed E-state index contributed by atoms with van der Waals surface area (Å²) in [6.07, 6.45) is 0.890. The largest absolute Gasteiger partial charge is 0.497 e. The quantitative estimate of drug-likeness (QED) is 0.836. The lowest BCUT2D eigenvalue weighted by atomic mass is 9.71. The number of anilines is 1. The number of hydrogen-bond donors (Lipinski definition) is 1. The number of rotatable bonds is 2. The van der Waals surface area contributed by atoms with Crippen LogP contribution in [0.3, 0.4) is 0 Å². The number of carbonyl (C=O) groups is 3. The summed E-state index contributed by atoms with van der Waals surface area (Å²) >= 11 is 0. The maximum atomic E-state index is 14.0. The van der Waals surface area contributed by atoms with Crippen LogP contribution in [0, 0.1) is 5.41 Å². The molecule has 2 aromatic rings. The van der Waals surface area contributed by atoms with Gasteiger partial charge in [0, 0.05) is 28.9 Å². The molecule has 0 saturated carbocycles. The average molecular weight is 402 g/mol. The maximum Gasteiger partial charge on any atom is 0.266 e. The Kier molecular flexibility index (Phi) is 3.75. The van der Waals surface area contributed by atoms with Crippen molar-refractivity contribution in [1.82, 2.24) is 5.32 Å². The van der Waals surface area contributed by atoms with E-state index in [1.165, 1.54) is 0 Å². The van der Waals surface area contributed by atoms with Crippen LogP contribution >= 0.6 is 0 Å². The van der Waals surface area contributed by atoms with Gasteiger partial charge in [-0.1, -0.05) is 32.0 Å². The van der Waals surface area contributed by atoms with Crippen LogP contribution in [0.1, 0.15) is 42.6 Å². The first-order chi connectivity index (χ1) is 14.3. The fourth-order valence-electron chi connectivity index (χ4n) is 4.99. The first-order valence-corrected chi connectivity index (χ1v) is 9.96. The van der Waals surface area contributed by atoms with Gasteiger partial charge in [-0.2, -0.15) is 0 Å². The molecule has 3 aliphatic rings. The normalized spacial score (nSPS) is 24.2. The van der Waals surface area contributed by atoms with E-state index in [1.54, 1.807) is 60.5 Å². The average Bonchev–Trinajstić information content (AvgIpc) is 3.13. The molecule has 5 rings (SSSR count). The van der Waals surface area contributed by atoms with E-state index in [1.807, 2.05) is 13.8 Å². The lowest BCUT2D eigenvalue weighted by molar-refractivity contribution is -0.124. The van der Waals surface area contributed by atoms with Crippen LogP contribution < -0.4 is 15.0 Å². The molecular formula is C24H22N2O4. The number of ether oxygens (including phenoxy) is 1. The Morgan fingerprint density at radius 2 is 1.67 bits per heavy atom. The summed E-state index contributed by atoms with van der Waals surface area (Å²) in [5.41, 5.74) is 0.965. The van der Waals surface area contributed by atoms with Crippen molar-refractivity contribution in [2.45, 2.75) is 32.2 Å². The summed E-state index contributed by atoms with van der Waals surface area (Å²) in [5.74, 6) is -0.0708. The number of benzene rings is 2. The number of fused-ring (bicyclic) bond motifs is 3. The zero-order valence-corrected chi connectivity index (χ0v) is 17.1. The number of methoxy groups -OCH3 is 1. The second kappa shape index (κ2) is 6.05. The summed E-state index contributed by atoms with van der Waals surface area (Å²) < 4.78 is 5.24. The molecule has 30 heavy (non-hydrogen) atoms. The Bertz CT molecular complexity index is 1150. The molecule has 0 saturated heterocycles. The van der Waals surface area contributed by atoms with Crippen LogP contribution in [0.25, 0.3) is 0 Å². The van der Waals surface area contributed by atoms with Crippen molar-refractivity contribution in [3.05, 3.63) is 70.9 Å². The van der Waals surface area contributed by atoms with E-state index in [2.05, 4.69) is 5.32 Å². The van der Waals surface area contributed by atoms with E-state index in [0.29, 0.717) is 46.7 Å². The molecule has 6 nitrogen and oxygen atoms in total.